The predicted molar refractivity (Wildman–Crippen MR) is 103 cm³/mol. The van der Waals surface area contributed by atoms with Gasteiger partial charge in [-0.25, -0.2) is 4.79 Å². The molecular formula is C23H24O4. The number of benzene rings is 2. The van der Waals surface area contributed by atoms with Gasteiger partial charge in [-0.3, -0.25) is 0 Å². The summed E-state index contributed by atoms with van der Waals surface area (Å²) in [6.07, 6.45) is -0.468. The average Bonchev–Trinajstić information content (AvgIpc) is 2.63. The van der Waals surface area contributed by atoms with Crippen molar-refractivity contribution in [2.24, 2.45) is 5.92 Å². The van der Waals surface area contributed by atoms with Gasteiger partial charge in [-0.1, -0.05) is 55.2 Å². The minimum Gasteiger partial charge on any atom is -0.434 e. The lowest BCUT2D eigenvalue weighted by molar-refractivity contribution is 0.0117. The fourth-order valence-corrected chi connectivity index (χ4v) is 3.27. The second-order valence-corrected chi connectivity index (χ2v) is 7.06. The summed E-state index contributed by atoms with van der Waals surface area (Å²) >= 11 is 0. The zero-order valence-electron chi connectivity index (χ0n) is 15.6. The lowest BCUT2D eigenvalue weighted by Gasteiger charge is -2.22. The highest BCUT2D eigenvalue weighted by atomic mass is 16.7. The minimum absolute atomic E-state index is 0.0637. The number of carbonyl (C=O) groups excluding carboxylic acids is 1. The maximum atomic E-state index is 12.3. The van der Waals surface area contributed by atoms with E-state index in [-0.39, 0.29) is 12.5 Å². The summed E-state index contributed by atoms with van der Waals surface area (Å²) in [4.78, 5) is 12.3. The number of carbonyl (C=O) groups is 1. The van der Waals surface area contributed by atoms with E-state index in [9.17, 15) is 9.90 Å². The van der Waals surface area contributed by atoms with Crippen molar-refractivity contribution in [2.75, 3.05) is 6.61 Å². The molecule has 0 aliphatic heterocycles. The molecule has 3 rings (SSSR count). The largest absolute Gasteiger partial charge is 0.508 e. The molecule has 2 aromatic rings. The zero-order chi connectivity index (χ0) is 19.2. The van der Waals surface area contributed by atoms with Crippen molar-refractivity contribution in [3.05, 3.63) is 70.8 Å². The summed E-state index contributed by atoms with van der Waals surface area (Å²) in [5, 5.41) is 9.42. The van der Waals surface area contributed by atoms with Gasteiger partial charge in [-0.2, -0.15) is 0 Å². The molecule has 0 aromatic heterocycles. The second kappa shape index (κ2) is 8.75. The molecule has 0 saturated carbocycles. The Morgan fingerprint density at radius 1 is 1.11 bits per heavy atom. The molecule has 27 heavy (non-hydrogen) atoms. The van der Waals surface area contributed by atoms with Crippen LogP contribution in [0.2, 0.25) is 0 Å². The third-order valence-corrected chi connectivity index (χ3v) is 4.53. The third kappa shape index (κ3) is 5.12. The van der Waals surface area contributed by atoms with Crippen molar-refractivity contribution in [3.63, 3.8) is 0 Å². The lowest BCUT2D eigenvalue weighted by atomic mass is 9.92. The fraction of sp³-hybridized carbons (Fsp3) is 0.348. The van der Waals surface area contributed by atoms with Crippen LogP contribution < -0.4 is 0 Å². The maximum absolute atomic E-state index is 12.3. The van der Waals surface area contributed by atoms with Gasteiger partial charge in [-0.15, -0.1) is 0 Å². The molecule has 0 radical (unpaired) electrons. The van der Waals surface area contributed by atoms with Gasteiger partial charge >= 0.3 is 6.16 Å². The number of rotatable bonds is 5. The Hall–Kier alpha value is -2.77. The molecule has 0 saturated heterocycles. The van der Waals surface area contributed by atoms with Crippen LogP contribution in [0.15, 0.2) is 48.5 Å². The van der Waals surface area contributed by atoms with Crippen LogP contribution in [0.25, 0.3) is 0 Å². The summed E-state index contributed by atoms with van der Waals surface area (Å²) in [5.74, 6) is 6.46. The normalized spacial score (nSPS) is 17.1. The van der Waals surface area contributed by atoms with Crippen molar-refractivity contribution in [3.8, 4) is 11.8 Å². The zero-order valence-corrected chi connectivity index (χ0v) is 15.6. The van der Waals surface area contributed by atoms with Crippen LogP contribution in [0.1, 0.15) is 48.6 Å². The number of aliphatic hydroxyl groups is 1. The average molecular weight is 364 g/mol. The van der Waals surface area contributed by atoms with Crippen molar-refractivity contribution < 1.29 is 19.4 Å². The van der Waals surface area contributed by atoms with Gasteiger partial charge < -0.3 is 14.6 Å². The van der Waals surface area contributed by atoms with Gasteiger partial charge in [0.15, 0.2) is 0 Å². The number of aliphatic hydroxyl groups excluding tert-OH is 1. The highest BCUT2D eigenvalue weighted by Gasteiger charge is 2.23. The molecule has 1 aliphatic carbocycles. The molecule has 0 amide bonds. The minimum atomic E-state index is -0.696. The number of hydrogen-bond acceptors (Lipinski definition) is 4. The van der Waals surface area contributed by atoms with E-state index in [1.807, 2.05) is 55.5 Å². The van der Waals surface area contributed by atoms with E-state index in [4.69, 9.17) is 9.47 Å². The molecule has 4 nitrogen and oxygen atoms in total. The molecule has 0 fully saturated rings. The quantitative estimate of drug-likeness (QED) is 0.637. The highest BCUT2D eigenvalue weighted by molar-refractivity contribution is 5.61. The van der Waals surface area contributed by atoms with Gasteiger partial charge in [0, 0.05) is 23.1 Å². The summed E-state index contributed by atoms with van der Waals surface area (Å²) in [6.45, 7) is 3.87. The lowest BCUT2D eigenvalue weighted by Crippen LogP contribution is -2.20. The molecule has 2 aromatic carbocycles. The van der Waals surface area contributed by atoms with Crippen LogP contribution in [0.4, 0.5) is 4.79 Å². The Kier molecular flexibility index (Phi) is 6.16. The van der Waals surface area contributed by atoms with Crippen LogP contribution in [-0.2, 0) is 15.9 Å². The van der Waals surface area contributed by atoms with Crippen LogP contribution in [-0.4, -0.2) is 24.0 Å². The van der Waals surface area contributed by atoms with Gasteiger partial charge in [0.05, 0.1) is 12.7 Å². The Bertz CT molecular complexity index is 860. The first kappa shape index (κ1) is 19.0. The second-order valence-electron chi connectivity index (χ2n) is 7.06. The van der Waals surface area contributed by atoms with E-state index in [1.165, 1.54) is 0 Å². The van der Waals surface area contributed by atoms with E-state index in [1.54, 1.807) is 6.92 Å². The fourth-order valence-electron chi connectivity index (χ4n) is 3.27. The monoisotopic (exact) mass is 364 g/mol. The van der Waals surface area contributed by atoms with Crippen molar-refractivity contribution >= 4 is 6.16 Å². The van der Waals surface area contributed by atoms with Crippen LogP contribution in [0, 0.1) is 17.8 Å². The SMILES string of the molecule is CC(O)CC(C)COC(=O)OC1Cc2ccccc2C#Cc2ccccc21. The van der Waals surface area contributed by atoms with Crippen molar-refractivity contribution in [1.82, 2.24) is 0 Å². The first-order valence-electron chi connectivity index (χ1n) is 9.23. The molecule has 1 aliphatic rings. The number of ether oxygens (including phenoxy) is 2. The maximum Gasteiger partial charge on any atom is 0.508 e. The molecule has 0 bridgehead atoms. The Morgan fingerprint density at radius 2 is 1.78 bits per heavy atom. The molecule has 1 N–H and O–H groups in total. The Balaban J connectivity index is 1.77. The van der Waals surface area contributed by atoms with Crippen LogP contribution in [0.3, 0.4) is 0 Å². The molecule has 0 heterocycles. The molecule has 0 spiro atoms. The molecule has 3 unspecified atom stereocenters. The Morgan fingerprint density at radius 3 is 2.56 bits per heavy atom. The molecule has 4 heteroatoms. The third-order valence-electron chi connectivity index (χ3n) is 4.53. The van der Waals surface area contributed by atoms with Crippen molar-refractivity contribution in [1.29, 1.82) is 0 Å². The first-order chi connectivity index (χ1) is 13.0. The predicted octanol–water partition coefficient (Wildman–Crippen LogP) is 4.24. The summed E-state index contributed by atoms with van der Waals surface area (Å²) in [7, 11) is 0. The first-order valence-corrected chi connectivity index (χ1v) is 9.23. The standard InChI is InChI=1S/C23H24O4/c1-16(13-17(2)24)15-26-23(25)27-22-14-20-9-4-3-7-18(20)11-12-19-8-5-6-10-21(19)22/h3-10,16-17,22,24H,13-15H2,1-2H3. The molecular weight excluding hydrogens is 340 g/mol. The Labute approximate surface area is 160 Å². The van der Waals surface area contributed by atoms with Gasteiger partial charge in [0.1, 0.15) is 6.10 Å². The molecule has 140 valence electrons. The summed E-state index contributed by atoms with van der Waals surface area (Å²) in [6, 6.07) is 15.6. The number of hydrogen-bond donors (Lipinski definition) is 1. The van der Waals surface area contributed by atoms with Crippen LogP contribution >= 0.6 is 0 Å². The topological polar surface area (TPSA) is 55.8 Å². The summed E-state index contributed by atoms with van der Waals surface area (Å²) in [5.41, 5.74) is 3.72. The smallest absolute Gasteiger partial charge is 0.434 e. The summed E-state index contributed by atoms with van der Waals surface area (Å²) < 4.78 is 10.9. The molecule has 3 atom stereocenters. The van der Waals surface area contributed by atoms with E-state index < -0.39 is 18.4 Å². The van der Waals surface area contributed by atoms with Gasteiger partial charge in [-0.05, 0) is 37.0 Å². The van der Waals surface area contributed by atoms with Gasteiger partial charge in [0.2, 0.25) is 0 Å². The van der Waals surface area contributed by atoms with Crippen LogP contribution in [0.5, 0.6) is 0 Å². The van der Waals surface area contributed by atoms with E-state index >= 15 is 0 Å². The number of fused-ring (bicyclic) bond motifs is 2. The van der Waals surface area contributed by atoms with E-state index in [0.717, 1.165) is 22.3 Å². The van der Waals surface area contributed by atoms with Gasteiger partial charge in [0.25, 0.3) is 0 Å². The van der Waals surface area contributed by atoms with E-state index in [0.29, 0.717) is 12.8 Å². The van der Waals surface area contributed by atoms with Crippen molar-refractivity contribution in [2.45, 2.75) is 38.9 Å². The van der Waals surface area contributed by atoms with E-state index in [2.05, 4.69) is 11.8 Å². The highest BCUT2D eigenvalue weighted by Crippen LogP contribution is 2.28.